The minimum atomic E-state index is -3.73. The van der Waals surface area contributed by atoms with Crippen LogP contribution in [0, 0.1) is 6.92 Å². The average Bonchev–Trinajstić information content (AvgIpc) is 2.98. The molecule has 0 aliphatic carbocycles. The van der Waals surface area contributed by atoms with Gasteiger partial charge in [-0.05, 0) is 30.2 Å². The molecule has 0 bridgehead atoms. The molecule has 0 aliphatic heterocycles. The maximum absolute atomic E-state index is 14.0. The molecule has 2 heterocycles. The van der Waals surface area contributed by atoms with Crippen molar-refractivity contribution in [3.63, 3.8) is 0 Å². The number of primary amides is 1. The average molecular weight is 360 g/mol. The monoisotopic (exact) mass is 360 g/mol. The highest BCUT2D eigenvalue weighted by atomic mass is 19.3. The molecule has 7 nitrogen and oxygen atoms in total. The van der Waals surface area contributed by atoms with Crippen LogP contribution in [0.5, 0.6) is 0 Å². The first-order chi connectivity index (χ1) is 12.2. The number of nitrogens with one attached hydrogen (secondary N) is 1. The van der Waals surface area contributed by atoms with Crippen LogP contribution in [0.15, 0.2) is 30.5 Å². The summed E-state index contributed by atoms with van der Waals surface area (Å²) in [5.41, 5.74) is 12.8. The minimum absolute atomic E-state index is 0.138. The quantitative estimate of drug-likeness (QED) is 0.644. The lowest BCUT2D eigenvalue weighted by Crippen LogP contribution is -2.33. The number of carbonyl (C=O) groups is 1. The van der Waals surface area contributed by atoms with Gasteiger partial charge >= 0.3 is 5.92 Å². The Bertz CT molecular complexity index is 998. The Morgan fingerprint density at radius 1 is 1.31 bits per heavy atom. The summed E-state index contributed by atoms with van der Waals surface area (Å²) in [6.45, 7) is 2.10. The first kappa shape index (κ1) is 17.6. The van der Waals surface area contributed by atoms with E-state index in [2.05, 4.69) is 15.3 Å². The van der Waals surface area contributed by atoms with Crippen LogP contribution < -0.4 is 16.8 Å². The molecular formula is C17H18F2N6O. The lowest BCUT2D eigenvalue weighted by atomic mass is 10.0. The van der Waals surface area contributed by atoms with E-state index in [9.17, 15) is 13.6 Å². The van der Waals surface area contributed by atoms with Crippen molar-refractivity contribution in [3.05, 3.63) is 47.2 Å². The van der Waals surface area contributed by atoms with Crippen LogP contribution in [0.4, 0.5) is 20.5 Å². The molecular weight excluding hydrogens is 342 g/mol. The smallest absolute Gasteiger partial charge is 0.349 e. The second-order valence-electron chi connectivity index (χ2n) is 5.94. The number of benzene rings is 1. The van der Waals surface area contributed by atoms with E-state index < -0.39 is 17.4 Å². The topological polar surface area (TPSA) is 112 Å². The van der Waals surface area contributed by atoms with Gasteiger partial charge in [0.05, 0.1) is 5.52 Å². The number of rotatable bonds is 5. The summed E-state index contributed by atoms with van der Waals surface area (Å²) in [6, 6.07) is 5.81. The van der Waals surface area contributed by atoms with Crippen molar-refractivity contribution in [3.8, 4) is 0 Å². The van der Waals surface area contributed by atoms with Crippen LogP contribution in [0.2, 0.25) is 0 Å². The Hall–Kier alpha value is -3.23. The lowest BCUT2D eigenvalue weighted by Gasteiger charge is -2.16. The maximum Gasteiger partial charge on any atom is 0.349 e. The number of nitrogens with zero attached hydrogens (tertiary/aromatic N) is 3. The number of nitrogens with two attached hydrogens (primary N) is 2. The summed E-state index contributed by atoms with van der Waals surface area (Å²) < 4.78 is 29.7. The molecule has 0 fully saturated rings. The van der Waals surface area contributed by atoms with Crippen LogP contribution in [0.3, 0.4) is 0 Å². The first-order valence-corrected chi connectivity index (χ1v) is 7.82. The fraction of sp³-hybridized carbons (Fsp3) is 0.235. The number of halogens is 2. The molecule has 0 saturated heterocycles. The summed E-state index contributed by atoms with van der Waals surface area (Å²) in [5, 5.41) is 2.96. The number of carbonyl (C=O) groups excluding carboxylic acids is 1. The fourth-order valence-corrected chi connectivity index (χ4v) is 2.79. The lowest BCUT2D eigenvalue weighted by molar-refractivity contribution is -0.143. The fourth-order valence-electron chi connectivity index (χ4n) is 2.79. The number of fused-ring (bicyclic) bond motifs is 1. The molecule has 0 aliphatic rings. The Labute approximate surface area is 148 Å². The number of aryl methyl sites for hydroxylation is 1. The van der Waals surface area contributed by atoms with Gasteiger partial charge in [0.1, 0.15) is 5.52 Å². The largest absolute Gasteiger partial charge is 0.371 e. The molecule has 5 N–H and O–H groups in total. The van der Waals surface area contributed by atoms with Gasteiger partial charge in [-0.15, -0.1) is 0 Å². The molecule has 1 aromatic carbocycles. The highest BCUT2D eigenvalue weighted by molar-refractivity contribution is 5.87. The third-order valence-electron chi connectivity index (χ3n) is 4.23. The number of nitrogen functional groups attached to an aromatic ring is 1. The van der Waals surface area contributed by atoms with E-state index in [0.29, 0.717) is 29.0 Å². The van der Waals surface area contributed by atoms with E-state index in [1.54, 1.807) is 32.3 Å². The molecule has 2 aromatic heterocycles. The van der Waals surface area contributed by atoms with E-state index in [1.165, 1.54) is 12.1 Å². The zero-order chi connectivity index (χ0) is 19.1. The van der Waals surface area contributed by atoms with Crippen molar-refractivity contribution in [1.82, 2.24) is 14.5 Å². The summed E-state index contributed by atoms with van der Waals surface area (Å²) in [6.07, 6.45) is 1.78. The standard InChI is InChI=1S/C17H18F2N6O/c1-9-3-4-11(17(18,19)15(20)26)7-10(9)8-25-6-5-12-13(25)14(22-2)24-16(21)23-12/h3-7H,8H2,1-2H3,(H2,20,26)(H3,21,22,23,24). The van der Waals surface area contributed by atoms with Gasteiger partial charge in [0.2, 0.25) is 5.95 Å². The normalized spacial score (nSPS) is 11.7. The number of hydrogen-bond donors (Lipinski definition) is 3. The van der Waals surface area contributed by atoms with Crippen molar-refractivity contribution in [2.75, 3.05) is 18.1 Å². The Morgan fingerprint density at radius 2 is 2.04 bits per heavy atom. The zero-order valence-electron chi connectivity index (χ0n) is 14.3. The zero-order valence-corrected chi connectivity index (χ0v) is 14.3. The summed E-state index contributed by atoms with van der Waals surface area (Å²) >= 11 is 0. The van der Waals surface area contributed by atoms with Crippen LogP contribution >= 0.6 is 0 Å². The molecule has 0 radical (unpaired) electrons. The van der Waals surface area contributed by atoms with E-state index >= 15 is 0 Å². The number of anilines is 2. The molecule has 1 amide bonds. The molecule has 3 rings (SSSR count). The summed E-state index contributed by atoms with van der Waals surface area (Å²) in [7, 11) is 1.71. The Balaban J connectivity index is 2.07. The van der Waals surface area contributed by atoms with Gasteiger partial charge in [-0.3, -0.25) is 4.79 Å². The second kappa shape index (κ2) is 6.25. The SMILES string of the molecule is CNc1nc(N)nc2ccn(Cc3cc(C(F)(F)C(N)=O)ccc3C)c12. The maximum atomic E-state index is 14.0. The van der Waals surface area contributed by atoms with Crippen molar-refractivity contribution >= 4 is 28.7 Å². The predicted molar refractivity (Wildman–Crippen MR) is 94.9 cm³/mol. The highest BCUT2D eigenvalue weighted by Gasteiger charge is 2.39. The van der Waals surface area contributed by atoms with E-state index in [4.69, 9.17) is 11.5 Å². The number of hydrogen-bond acceptors (Lipinski definition) is 5. The van der Waals surface area contributed by atoms with Gasteiger partial charge < -0.3 is 21.4 Å². The first-order valence-electron chi connectivity index (χ1n) is 7.82. The van der Waals surface area contributed by atoms with Crippen LogP contribution in [-0.4, -0.2) is 27.5 Å². The third-order valence-corrected chi connectivity index (χ3v) is 4.23. The van der Waals surface area contributed by atoms with Crippen molar-refractivity contribution in [2.24, 2.45) is 5.73 Å². The second-order valence-corrected chi connectivity index (χ2v) is 5.94. The summed E-state index contributed by atoms with van der Waals surface area (Å²) in [4.78, 5) is 19.4. The van der Waals surface area contributed by atoms with Crippen molar-refractivity contribution in [2.45, 2.75) is 19.4 Å². The molecule has 0 spiro atoms. The number of aromatic nitrogens is 3. The summed E-state index contributed by atoms with van der Waals surface area (Å²) in [5.74, 6) is -4.73. The van der Waals surface area contributed by atoms with Gasteiger partial charge in [0.25, 0.3) is 5.91 Å². The molecule has 9 heteroatoms. The van der Waals surface area contributed by atoms with Gasteiger partial charge in [-0.25, -0.2) is 4.98 Å². The minimum Gasteiger partial charge on any atom is -0.371 e. The molecule has 136 valence electrons. The number of alkyl halides is 2. The highest BCUT2D eigenvalue weighted by Crippen LogP contribution is 2.30. The van der Waals surface area contributed by atoms with Crippen LogP contribution in [-0.2, 0) is 17.3 Å². The Kier molecular flexibility index (Phi) is 4.23. The van der Waals surface area contributed by atoms with Gasteiger partial charge in [-0.2, -0.15) is 13.8 Å². The van der Waals surface area contributed by atoms with E-state index in [-0.39, 0.29) is 5.95 Å². The molecule has 0 saturated carbocycles. The van der Waals surface area contributed by atoms with Gasteiger partial charge in [0.15, 0.2) is 5.82 Å². The predicted octanol–water partition coefficient (Wildman–Crippen LogP) is 1.99. The molecule has 26 heavy (non-hydrogen) atoms. The molecule has 3 aromatic rings. The molecule has 0 unspecified atom stereocenters. The third kappa shape index (κ3) is 2.92. The van der Waals surface area contributed by atoms with Gasteiger partial charge in [-0.1, -0.05) is 12.1 Å². The van der Waals surface area contributed by atoms with Crippen LogP contribution in [0.1, 0.15) is 16.7 Å². The van der Waals surface area contributed by atoms with Crippen molar-refractivity contribution < 1.29 is 13.6 Å². The van der Waals surface area contributed by atoms with E-state index in [1.807, 2.05) is 4.57 Å². The van der Waals surface area contributed by atoms with E-state index in [0.717, 1.165) is 5.56 Å². The van der Waals surface area contributed by atoms with Gasteiger partial charge in [0, 0.05) is 25.4 Å². The molecule has 0 atom stereocenters. The van der Waals surface area contributed by atoms with Crippen molar-refractivity contribution in [1.29, 1.82) is 0 Å². The number of amides is 1. The Morgan fingerprint density at radius 3 is 2.69 bits per heavy atom. The van der Waals surface area contributed by atoms with Crippen LogP contribution in [0.25, 0.3) is 11.0 Å².